The zero-order chi connectivity index (χ0) is 102. The number of aryl methyl sites for hydroxylation is 8. The first-order chi connectivity index (χ1) is 70.3. The SMILES string of the molecule is CC.CC.CC.CC.CC.CC.CC1(C)c2ccccc2-c2ccccc21.CCC.Cn1c2ccccc2c2ccccc21.Cn1c2ccccc2c2ccccc21.Cn1c2ccccc2c2ccccc21.Cn1c2ccccc2c2ccccc21.Cn1c2ccccc2c2ccccc21.Cn1c2ccccc2c2ccccc21.c1ccc2c(c1)c1ccccc1n2CCCn1c2ccccc2c2ccccc21. The molecule has 0 fully saturated rings. The zero-order valence-electron chi connectivity index (χ0n) is 88.5. The van der Waals surface area contributed by atoms with Gasteiger partial charge in [-0.3, -0.25) is 0 Å². The molecule has 143 heavy (non-hydrogen) atoms. The third-order valence-corrected chi connectivity index (χ3v) is 26.5. The summed E-state index contributed by atoms with van der Waals surface area (Å²) in [5, 5.41) is 21.5. The number of hydrogen-bond donors (Lipinski definition) is 0. The highest BCUT2D eigenvalue weighted by Crippen LogP contribution is 2.48. The van der Waals surface area contributed by atoms with E-state index in [2.05, 4.69) is 543 Å². The lowest BCUT2D eigenvalue weighted by Crippen LogP contribution is -2.14. The predicted molar refractivity (Wildman–Crippen MR) is 634 cm³/mol. The van der Waals surface area contributed by atoms with E-state index in [0.717, 1.165) is 19.5 Å². The monoisotopic (exact) mass is 1880 g/mol. The van der Waals surface area contributed by atoms with Crippen molar-refractivity contribution in [2.24, 2.45) is 42.3 Å². The maximum absolute atomic E-state index is 2.48. The Morgan fingerprint density at radius 2 is 0.259 bits per heavy atom. The van der Waals surface area contributed by atoms with E-state index in [1.807, 2.05) is 83.1 Å². The summed E-state index contributed by atoms with van der Waals surface area (Å²) in [7, 11) is 12.7. The second-order valence-electron chi connectivity index (χ2n) is 34.7. The van der Waals surface area contributed by atoms with Crippen molar-refractivity contribution in [2.45, 2.75) is 142 Å². The van der Waals surface area contributed by atoms with Crippen LogP contribution < -0.4 is 0 Å². The van der Waals surface area contributed by atoms with Crippen LogP contribution in [0.1, 0.15) is 135 Å². The first-order valence-electron chi connectivity index (χ1n) is 51.9. The molecule has 726 valence electrons. The summed E-state index contributed by atoms with van der Waals surface area (Å²) in [6.07, 6.45) is 2.34. The first-order valence-corrected chi connectivity index (χ1v) is 51.9. The van der Waals surface area contributed by atoms with Crippen LogP contribution in [-0.4, -0.2) is 36.5 Å². The molecule has 8 nitrogen and oxygen atoms in total. The summed E-state index contributed by atoms with van der Waals surface area (Å²) in [6.45, 7) is 34.9. The van der Waals surface area contributed by atoms with Crippen LogP contribution in [0.3, 0.4) is 0 Å². The van der Waals surface area contributed by atoms with Gasteiger partial charge in [-0.15, -0.1) is 0 Å². The predicted octanol–water partition coefficient (Wildman–Crippen LogP) is 38.5. The standard InChI is InChI=1S/C27H22N2.C15H14.6C13H11N.C3H8.6C2H6/c1-5-14-24-20(10-1)21-11-2-6-15-25(21)28(24)18-9-19-29-26-16-7-3-12-22(26)23-13-4-8-17-27(23)29;1-15(2)13-9-5-3-7-11(13)12-8-4-6-10-14(12)15;6*1-14-12-8-4-2-6-10(12)11-7-3-5-9-13(11)14;1-3-2;6*1-2/h1-8,10-17H,9,18-19H2;3-10H,1-2H3;6*2-9H,1H3;3H2,1-2H3;6*1-2H3. The van der Waals surface area contributed by atoms with Gasteiger partial charge in [0.1, 0.15) is 0 Å². The molecular formula is C135H146N8. The molecule has 0 saturated carbocycles. The lowest BCUT2D eigenvalue weighted by atomic mass is 9.82. The number of fused-ring (bicyclic) bond motifs is 27. The number of benzene rings is 18. The Balaban J connectivity index is 0.000000136. The lowest BCUT2D eigenvalue weighted by Gasteiger charge is -2.20. The maximum Gasteiger partial charge on any atom is 0.0491 e. The number of aromatic nitrogens is 8. The summed E-state index contributed by atoms with van der Waals surface area (Å²) in [4.78, 5) is 0. The Hall–Kier alpha value is -15.6. The van der Waals surface area contributed by atoms with Crippen LogP contribution in [0.4, 0.5) is 0 Å². The molecule has 0 unspecified atom stereocenters. The van der Waals surface area contributed by atoms with E-state index in [1.54, 1.807) is 0 Å². The minimum atomic E-state index is 0.160. The highest BCUT2D eigenvalue weighted by Gasteiger charge is 2.34. The third-order valence-electron chi connectivity index (χ3n) is 26.5. The highest BCUT2D eigenvalue weighted by atomic mass is 15.0. The second-order valence-corrected chi connectivity index (χ2v) is 34.7. The fourth-order valence-corrected chi connectivity index (χ4v) is 20.3. The van der Waals surface area contributed by atoms with Gasteiger partial charge in [-0.05, 0) is 126 Å². The van der Waals surface area contributed by atoms with Crippen molar-refractivity contribution in [3.63, 3.8) is 0 Å². The Labute approximate surface area is 848 Å². The molecule has 0 bridgehead atoms. The van der Waals surface area contributed by atoms with Crippen LogP contribution in [0, 0.1) is 0 Å². The van der Waals surface area contributed by atoms with Crippen molar-refractivity contribution in [1.29, 1.82) is 0 Å². The number of rotatable bonds is 4. The molecule has 18 aromatic carbocycles. The van der Waals surface area contributed by atoms with Gasteiger partial charge in [0.25, 0.3) is 0 Å². The van der Waals surface area contributed by atoms with Crippen LogP contribution in [0.5, 0.6) is 0 Å². The van der Waals surface area contributed by atoms with Gasteiger partial charge in [0.2, 0.25) is 0 Å². The smallest absolute Gasteiger partial charge is 0.0491 e. The van der Waals surface area contributed by atoms with Gasteiger partial charge in [-0.1, -0.05) is 457 Å². The number of para-hydroxylation sites is 16. The van der Waals surface area contributed by atoms with Gasteiger partial charge < -0.3 is 36.5 Å². The number of hydrogen-bond acceptors (Lipinski definition) is 0. The second kappa shape index (κ2) is 50.5. The van der Waals surface area contributed by atoms with Crippen LogP contribution in [0.2, 0.25) is 0 Å². The molecule has 8 heterocycles. The van der Waals surface area contributed by atoms with Crippen molar-refractivity contribution in [3.05, 3.63) is 448 Å². The van der Waals surface area contributed by atoms with Gasteiger partial charge in [0.15, 0.2) is 0 Å². The van der Waals surface area contributed by atoms with Crippen molar-refractivity contribution >= 4 is 174 Å². The minimum Gasteiger partial charge on any atom is -0.344 e. The molecule has 0 atom stereocenters. The Morgan fingerprint density at radius 3 is 0.399 bits per heavy atom. The molecule has 1 aliphatic rings. The minimum absolute atomic E-state index is 0.160. The molecule has 0 saturated heterocycles. The molecule has 0 aliphatic heterocycles. The highest BCUT2D eigenvalue weighted by molar-refractivity contribution is 6.14. The van der Waals surface area contributed by atoms with Crippen molar-refractivity contribution in [2.75, 3.05) is 0 Å². The third kappa shape index (κ3) is 21.7. The number of nitrogens with zero attached hydrogens (tertiary/aromatic N) is 8. The molecule has 8 aromatic heterocycles. The van der Waals surface area contributed by atoms with Gasteiger partial charge in [0.05, 0.1) is 0 Å². The van der Waals surface area contributed by atoms with E-state index in [-0.39, 0.29) is 5.41 Å². The molecule has 8 heteroatoms. The van der Waals surface area contributed by atoms with Crippen molar-refractivity contribution < 1.29 is 0 Å². The fourth-order valence-electron chi connectivity index (χ4n) is 20.3. The molecule has 0 radical (unpaired) electrons. The molecule has 0 N–H and O–H groups in total. The zero-order valence-corrected chi connectivity index (χ0v) is 88.5. The molecule has 27 rings (SSSR count). The van der Waals surface area contributed by atoms with Gasteiger partial charge in [-0.2, -0.15) is 0 Å². The largest absolute Gasteiger partial charge is 0.344 e. The molecule has 1 aliphatic carbocycles. The molecular weight excluding hydrogens is 1730 g/mol. The normalized spacial score (nSPS) is 11.0. The summed E-state index contributed by atoms with van der Waals surface area (Å²) in [5.74, 6) is 0. The van der Waals surface area contributed by atoms with E-state index >= 15 is 0 Å². The van der Waals surface area contributed by atoms with Crippen LogP contribution in [-0.2, 0) is 60.8 Å². The average molecular weight is 1880 g/mol. The van der Waals surface area contributed by atoms with Gasteiger partial charge >= 0.3 is 0 Å². The summed E-state index contributed by atoms with van der Waals surface area (Å²) >= 11 is 0. The Bertz CT molecular complexity index is 7140. The van der Waals surface area contributed by atoms with E-state index in [1.165, 1.54) is 203 Å². The van der Waals surface area contributed by atoms with Gasteiger partial charge in [-0.25, -0.2) is 0 Å². The Kier molecular flexibility index (Phi) is 37.0. The van der Waals surface area contributed by atoms with E-state index in [9.17, 15) is 0 Å². The fraction of sp³-hybridized carbons (Fsp3) is 0.200. The molecule has 0 amide bonds. The van der Waals surface area contributed by atoms with Crippen molar-refractivity contribution in [1.82, 2.24) is 36.5 Å². The topological polar surface area (TPSA) is 39.4 Å². The first kappa shape index (κ1) is 105. The average Bonchev–Trinajstić information content (AvgIpc) is 1.58. The Morgan fingerprint density at radius 1 is 0.154 bits per heavy atom. The van der Waals surface area contributed by atoms with E-state index in [4.69, 9.17) is 0 Å². The molecule has 0 spiro atoms. The summed E-state index contributed by atoms with van der Waals surface area (Å²) < 4.78 is 18.4. The van der Waals surface area contributed by atoms with E-state index < -0.39 is 0 Å². The van der Waals surface area contributed by atoms with Crippen LogP contribution >= 0.6 is 0 Å². The maximum atomic E-state index is 2.48. The van der Waals surface area contributed by atoms with Crippen molar-refractivity contribution in [3.8, 4) is 11.1 Å². The lowest BCUT2D eigenvalue weighted by molar-refractivity contribution is 0.603. The molecule has 26 aromatic rings. The quantitative estimate of drug-likeness (QED) is 0.168. The van der Waals surface area contributed by atoms with Crippen LogP contribution in [0.25, 0.3) is 186 Å². The van der Waals surface area contributed by atoms with Crippen LogP contribution in [0.15, 0.2) is 437 Å². The summed E-state index contributed by atoms with van der Waals surface area (Å²) in [5.41, 5.74) is 26.8. The van der Waals surface area contributed by atoms with Gasteiger partial charge in [0, 0.05) is 235 Å². The summed E-state index contributed by atoms with van der Waals surface area (Å²) in [6, 6.07) is 155. The van der Waals surface area contributed by atoms with E-state index in [0.29, 0.717) is 0 Å².